The third kappa shape index (κ3) is 2.24. The number of aromatic nitrogens is 2. The van der Waals surface area contributed by atoms with E-state index in [1.165, 1.54) is 11.1 Å². The van der Waals surface area contributed by atoms with Crippen molar-refractivity contribution in [3.63, 3.8) is 0 Å². The molecular weight excluding hydrogens is 198 g/mol. The Morgan fingerprint density at radius 2 is 2.12 bits per heavy atom. The van der Waals surface area contributed by atoms with Crippen molar-refractivity contribution in [1.82, 2.24) is 9.97 Å². The molecule has 2 aromatic rings. The van der Waals surface area contributed by atoms with Gasteiger partial charge in [0.1, 0.15) is 0 Å². The summed E-state index contributed by atoms with van der Waals surface area (Å²) in [5.74, 6) is 0.833. The van der Waals surface area contributed by atoms with E-state index in [9.17, 15) is 0 Å². The van der Waals surface area contributed by atoms with E-state index in [1.807, 2.05) is 7.05 Å². The SMILES string of the molecule is CNc1nc(Cc2cccc(C)c2)c(C)[nH]1. The lowest BCUT2D eigenvalue weighted by Gasteiger charge is -2.00. The van der Waals surface area contributed by atoms with E-state index < -0.39 is 0 Å². The number of aryl methyl sites for hydroxylation is 2. The summed E-state index contributed by atoms with van der Waals surface area (Å²) in [7, 11) is 1.87. The molecule has 0 saturated heterocycles. The van der Waals surface area contributed by atoms with Crippen molar-refractivity contribution >= 4 is 5.95 Å². The molecule has 3 heteroatoms. The minimum Gasteiger partial charge on any atom is -0.359 e. The van der Waals surface area contributed by atoms with Gasteiger partial charge in [-0.25, -0.2) is 4.98 Å². The molecule has 3 nitrogen and oxygen atoms in total. The number of rotatable bonds is 3. The van der Waals surface area contributed by atoms with Gasteiger partial charge < -0.3 is 10.3 Å². The molecule has 0 radical (unpaired) electrons. The van der Waals surface area contributed by atoms with Gasteiger partial charge in [0.2, 0.25) is 0 Å². The third-order valence-corrected chi connectivity index (χ3v) is 2.68. The first-order valence-corrected chi connectivity index (χ1v) is 5.48. The van der Waals surface area contributed by atoms with Gasteiger partial charge in [0.25, 0.3) is 0 Å². The first kappa shape index (κ1) is 10.7. The van der Waals surface area contributed by atoms with Gasteiger partial charge in [0.15, 0.2) is 5.95 Å². The Balaban J connectivity index is 2.23. The van der Waals surface area contributed by atoms with Crippen molar-refractivity contribution in [3.05, 3.63) is 46.8 Å². The van der Waals surface area contributed by atoms with Crippen LogP contribution in [0.5, 0.6) is 0 Å². The summed E-state index contributed by atoms with van der Waals surface area (Å²) in [5.41, 5.74) is 4.83. The van der Waals surface area contributed by atoms with Crippen LogP contribution in [-0.4, -0.2) is 17.0 Å². The Hall–Kier alpha value is -1.77. The molecular formula is C13H17N3. The summed E-state index contributed by atoms with van der Waals surface area (Å²) in [6, 6.07) is 8.54. The lowest BCUT2D eigenvalue weighted by Crippen LogP contribution is -1.92. The quantitative estimate of drug-likeness (QED) is 0.826. The number of nitrogens with zero attached hydrogens (tertiary/aromatic N) is 1. The molecule has 0 unspecified atom stereocenters. The average molecular weight is 215 g/mol. The molecule has 2 rings (SSSR count). The van der Waals surface area contributed by atoms with Crippen molar-refractivity contribution < 1.29 is 0 Å². The predicted molar refractivity (Wildman–Crippen MR) is 66.9 cm³/mol. The lowest BCUT2D eigenvalue weighted by molar-refractivity contribution is 1.08. The molecule has 16 heavy (non-hydrogen) atoms. The molecule has 0 spiro atoms. The van der Waals surface area contributed by atoms with Gasteiger partial charge in [-0.2, -0.15) is 0 Å². The van der Waals surface area contributed by atoms with Gasteiger partial charge in [-0.05, 0) is 19.4 Å². The highest BCUT2D eigenvalue weighted by Gasteiger charge is 2.06. The van der Waals surface area contributed by atoms with E-state index in [2.05, 4.69) is 53.4 Å². The van der Waals surface area contributed by atoms with Crippen LogP contribution in [0.1, 0.15) is 22.5 Å². The van der Waals surface area contributed by atoms with Gasteiger partial charge >= 0.3 is 0 Å². The van der Waals surface area contributed by atoms with Crippen molar-refractivity contribution in [3.8, 4) is 0 Å². The number of hydrogen-bond acceptors (Lipinski definition) is 2. The Kier molecular flexibility index (Phi) is 2.95. The van der Waals surface area contributed by atoms with Crippen LogP contribution in [0.3, 0.4) is 0 Å². The number of anilines is 1. The van der Waals surface area contributed by atoms with Crippen LogP contribution >= 0.6 is 0 Å². The summed E-state index contributed by atoms with van der Waals surface area (Å²) >= 11 is 0. The van der Waals surface area contributed by atoms with E-state index >= 15 is 0 Å². The first-order chi connectivity index (χ1) is 7.69. The van der Waals surface area contributed by atoms with Crippen LogP contribution < -0.4 is 5.32 Å². The number of H-pyrrole nitrogens is 1. The second kappa shape index (κ2) is 4.39. The summed E-state index contributed by atoms with van der Waals surface area (Å²) in [5, 5.41) is 3.02. The van der Waals surface area contributed by atoms with Gasteiger partial charge in [0.05, 0.1) is 5.69 Å². The van der Waals surface area contributed by atoms with Gasteiger partial charge in [-0.1, -0.05) is 29.8 Å². The highest BCUT2D eigenvalue weighted by atomic mass is 15.1. The third-order valence-electron chi connectivity index (χ3n) is 2.68. The molecule has 0 bridgehead atoms. The summed E-state index contributed by atoms with van der Waals surface area (Å²) < 4.78 is 0. The molecule has 84 valence electrons. The van der Waals surface area contributed by atoms with Gasteiger partial charge in [0, 0.05) is 19.2 Å². The van der Waals surface area contributed by atoms with Crippen LogP contribution in [0.15, 0.2) is 24.3 Å². The Labute approximate surface area is 95.9 Å². The Morgan fingerprint density at radius 1 is 1.31 bits per heavy atom. The maximum Gasteiger partial charge on any atom is 0.200 e. The molecule has 1 aromatic carbocycles. The Morgan fingerprint density at radius 3 is 2.75 bits per heavy atom. The maximum atomic E-state index is 4.49. The molecule has 1 heterocycles. The molecule has 2 N–H and O–H groups in total. The fraction of sp³-hybridized carbons (Fsp3) is 0.308. The lowest BCUT2D eigenvalue weighted by atomic mass is 10.1. The molecule has 0 aliphatic carbocycles. The molecule has 0 fully saturated rings. The zero-order valence-corrected chi connectivity index (χ0v) is 9.96. The van der Waals surface area contributed by atoms with Crippen molar-refractivity contribution in [2.75, 3.05) is 12.4 Å². The first-order valence-electron chi connectivity index (χ1n) is 5.48. The van der Waals surface area contributed by atoms with Crippen molar-refractivity contribution in [2.45, 2.75) is 20.3 Å². The van der Waals surface area contributed by atoms with Crippen molar-refractivity contribution in [2.24, 2.45) is 0 Å². The van der Waals surface area contributed by atoms with Crippen LogP contribution in [-0.2, 0) is 6.42 Å². The van der Waals surface area contributed by atoms with Gasteiger partial charge in [-0.3, -0.25) is 0 Å². The predicted octanol–water partition coefficient (Wildman–Crippen LogP) is 2.66. The number of imidazole rings is 1. The topological polar surface area (TPSA) is 40.7 Å². The molecule has 0 amide bonds. The molecule has 0 aliphatic rings. The molecule has 0 atom stereocenters. The van der Waals surface area contributed by atoms with E-state index in [0.717, 1.165) is 23.8 Å². The summed E-state index contributed by atoms with van der Waals surface area (Å²) in [6.45, 7) is 4.17. The van der Waals surface area contributed by atoms with E-state index in [4.69, 9.17) is 0 Å². The smallest absolute Gasteiger partial charge is 0.200 e. The highest BCUT2D eigenvalue weighted by molar-refractivity contribution is 5.34. The second-order valence-electron chi connectivity index (χ2n) is 4.07. The van der Waals surface area contributed by atoms with E-state index in [0.29, 0.717) is 0 Å². The maximum absolute atomic E-state index is 4.49. The monoisotopic (exact) mass is 215 g/mol. The van der Waals surface area contributed by atoms with Crippen LogP contribution in [0.4, 0.5) is 5.95 Å². The Bertz CT molecular complexity index is 486. The van der Waals surface area contributed by atoms with E-state index in [1.54, 1.807) is 0 Å². The largest absolute Gasteiger partial charge is 0.359 e. The van der Waals surface area contributed by atoms with Gasteiger partial charge in [-0.15, -0.1) is 0 Å². The van der Waals surface area contributed by atoms with Crippen LogP contribution in [0.25, 0.3) is 0 Å². The normalized spacial score (nSPS) is 10.4. The fourth-order valence-electron chi connectivity index (χ4n) is 1.80. The summed E-state index contributed by atoms with van der Waals surface area (Å²) in [4.78, 5) is 7.69. The van der Waals surface area contributed by atoms with Crippen LogP contribution in [0, 0.1) is 13.8 Å². The molecule has 0 saturated carbocycles. The zero-order valence-electron chi connectivity index (χ0n) is 9.96. The van der Waals surface area contributed by atoms with Crippen molar-refractivity contribution in [1.29, 1.82) is 0 Å². The van der Waals surface area contributed by atoms with Crippen LogP contribution in [0.2, 0.25) is 0 Å². The van der Waals surface area contributed by atoms with E-state index in [-0.39, 0.29) is 0 Å². The zero-order chi connectivity index (χ0) is 11.5. The fourth-order valence-corrected chi connectivity index (χ4v) is 1.80. The standard InChI is InChI=1S/C13H17N3/c1-9-5-4-6-11(7-9)8-12-10(2)15-13(14-3)16-12/h4-7H,8H2,1-3H3,(H2,14,15,16). The summed E-state index contributed by atoms with van der Waals surface area (Å²) in [6.07, 6.45) is 0.881. The minimum atomic E-state index is 0.833. The number of benzene rings is 1. The highest BCUT2D eigenvalue weighted by Crippen LogP contribution is 2.14. The molecule has 1 aromatic heterocycles. The number of nitrogens with one attached hydrogen (secondary N) is 2. The number of hydrogen-bond donors (Lipinski definition) is 2. The molecule has 0 aliphatic heterocycles. The minimum absolute atomic E-state index is 0.833. The average Bonchev–Trinajstić information content (AvgIpc) is 2.60. The second-order valence-corrected chi connectivity index (χ2v) is 4.07. The number of aromatic amines is 1.